The Morgan fingerprint density at radius 2 is 1.49 bits per heavy atom. The van der Waals surface area contributed by atoms with Gasteiger partial charge in [-0.2, -0.15) is 5.10 Å². The lowest BCUT2D eigenvalue weighted by atomic mass is 9.88. The molecule has 0 spiro atoms. The SMILES string of the molecule is Cc1cc(Oc2ccc3c4cc(C)ccc4n(-c4cc(C(C)(C)C)ccn4)c3c2)cc(-n2nc(C)c(-c3ccccc3)c2C(C)C)c1. The van der Waals surface area contributed by atoms with E-state index in [1.165, 1.54) is 38.7 Å². The topological polar surface area (TPSA) is 44.9 Å². The fourth-order valence-corrected chi connectivity index (χ4v) is 6.71. The van der Waals surface area contributed by atoms with E-state index < -0.39 is 0 Å². The molecule has 0 N–H and O–H groups in total. The van der Waals surface area contributed by atoms with E-state index in [1.807, 2.05) is 6.20 Å². The van der Waals surface area contributed by atoms with Crippen molar-refractivity contribution in [3.8, 4) is 34.1 Å². The number of aryl methyl sites for hydroxylation is 3. The van der Waals surface area contributed by atoms with Crippen LogP contribution in [0.5, 0.6) is 11.5 Å². The van der Waals surface area contributed by atoms with Crippen LogP contribution in [0.15, 0.2) is 103 Å². The van der Waals surface area contributed by atoms with Gasteiger partial charge in [-0.15, -0.1) is 0 Å². The number of benzene rings is 4. The Hall–Kier alpha value is -5.16. The lowest BCUT2D eigenvalue weighted by Gasteiger charge is -2.20. The first kappa shape index (κ1) is 30.5. The lowest BCUT2D eigenvalue weighted by Crippen LogP contribution is -2.12. The molecule has 7 aromatic rings. The van der Waals surface area contributed by atoms with Gasteiger partial charge in [0.2, 0.25) is 0 Å². The van der Waals surface area contributed by atoms with Crippen LogP contribution in [0.4, 0.5) is 0 Å². The molecule has 0 fully saturated rings. The Bertz CT molecular complexity index is 2260. The molecule has 0 unspecified atom stereocenters. The molecule has 0 aliphatic carbocycles. The molecule has 7 rings (SSSR count). The number of nitrogens with zero attached hydrogens (tertiary/aromatic N) is 4. The Labute approximate surface area is 277 Å². The van der Waals surface area contributed by atoms with Gasteiger partial charge in [0.1, 0.15) is 17.3 Å². The summed E-state index contributed by atoms with van der Waals surface area (Å²) in [5, 5.41) is 7.44. The fraction of sp³-hybridized carbons (Fsp3) is 0.238. The molecule has 0 amide bonds. The lowest BCUT2D eigenvalue weighted by molar-refractivity contribution is 0.482. The molecule has 0 atom stereocenters. The van der Waals surface area contributed by atoms with Gasteiger partial charge < -0.3 is 4.74 Å². The van der Waals surface area contributed by atoms with Crippen molar-refractivity contribution in [2.45, 2.75) is 66.7 Å². The van der Waals surface area contributed by atoms with Crippen molar-refractivity contribution in [2.24, 2.45) is 0 Å². The summed E-state index contributed by atoms with van der Waals surface area (Å²) in [4.78, 5) is 4.85. The fourth-order valence-electron chi connectivity index (χ4n) is 6.71. The average Bonchev–Trinajstić information content (AvgIpc) is 3.55. The second-order valence-electron chi connectivity index (χ2n) is 14.1. The molecule has 0 radical (unpaired) electrons. The van der Waals surface area contributed by atoms with Crippen molar-refractivity contribution >= 4 is 21.8 Å². The van der Waals surface area contributed by atoms with E-state index >= 15 is 0 Å². The van der Waals surface area contributed by atoms with E-state index in [-0.39, 0.29) is 11.3 Å². The molecule has 0 bridgehead atoms. The van der Waals surface area contributed by atoms with Gasteiger partial charge in [0.05, 0.1) is 28.1 Å². The minimum absolute atomic E-state index is 0.00853. The highest BCUT2D eigenvalue weighted by atomic mass is 16.5. The van der Waals surface area contributed by atoms with Crippen LogP contribution in [-0.2, 0) is 5.41 Å². The molecule has 0 aliphatic heterocycles. The highest BCUT2D eigenvalue weighted by Crippen LogP contribution is 2.38. The van der Waals surface area contributed by atoms with Crippen molar-refractivity contribution in [2.75, 3.05) is 0 Å². The van der Waals surface area contributed by atoms with E-state index in [0.717, 1.165) is 45.3 Å². The number of aromatic nitrogens is 4. The molecule has 0 saturated carbocycles. The molecular weight excluding hydrogens is 576 g/mol. The van der Waals surface area contributed by atoms with Gasteiger partial charge in [-0.05, 0) is 97.3 Å². The van der Waals surface area contributed by atoms with E-state index in [1.54, 1.807) is 0 Å². The van der Waals surface area contributed by atoms with Gasteiger partial charge in [-0.25, -0.2) is 9.67 Å². The normalized spacial score (nSPS) is 12.0. The van der Waals surface area contributed by atoms with Gasteiger partial charge in [-0.1, -0.05) is 76.6 Å². The van der Waals surface area contributed by atoms with Gasteiger partial charge in [0, 0.05) is 34.7 Å². The summed E-state index contributed by atoms with van der Waals surface area (Å²) in [7, 11) is 0. The molecule has 5 heteroatoms. The van der Waals surface area contributed by atoms with Gasteiger partial charge in [-0.3, -0.25) is 4.57 Å². The van der Waals surface area contributed by atoms with Crippen molar-refractivity contribution < 1.29 is 4.74 Å². The van der Waals surface area contributed by atoms with E-state index in [4.69, 9.17) is 14.8 Å². The third kappa shape index (κ3) is 5.61. The van der Waals surface area contributed by atoms with Crippen molar-refractivity contribution in [1.29, 1.82) is 0 Å². The number of pyridine rings is 1. The highest BCUT2D eigenvalue weighted by molar-refractivity contribution is 6.09. The molecule has 236 valence electrons. The zero-order valence-corrected chi connectivity index (χ0v) is 28.6. The van der Waals surface area contributed by atoms with Crippen molar-refractivity contribution in [3.63, 3.8) is 0 Å². The van der Waals surface area contributed by atoms with Crippen LogP contribution < -0.4 is 4.74 Å². The summed E-state index contributed by atoms with van der Waals surface area (Å²) in [5.74, 6) is 2.72. The Kier molecular flexibility index (Phi) is 7.51. The molecule has 3 aromatic heterocycles. The average molecular weight is 619 g/mol. The summed E-state index contributed by atoms with van der Waals surface area (Å²) in [6.07, 6.45) is 1.92. The van der Waals surface area contributed by atoms with Gasteiger partial charge in [0.15, 0.2) is 0 Å². The maximum Gasteiger partial charge on any atom is 0.137 e. The van der Waals surface area contributed by atoms with Crippen LogP contribution in [0.3, 0.4) is 0 Å². The minimum Gasteiger partial charge on any atom is -0.457 e. The molecule has 0 aliphatic rings. The summed E-state index contributed by atoms with van der Waals surface area (Å²) in [6.45, 7) is 17.5. The van der Waals surface area contributed by atoms with Crippen LogP contribution >= 0.6 is 0 Å². The number of ether oxygens (including phenoxy) is 1. The quantitative estimate of drug-likeness (QED) is 0.186. The van der Waals surface area contributed by atoms with Crippen LogP contribution in [0.2, 0.25) is 0 Å². The first-order valence-electron chi connectivity index (χ1n) is 16.4. The standard InChI is InChI=1S/C42H42N4O/c1-26(2)41-40(30-12-10-9-11-13-30)29(5)44-46(41)32-20-28(4)21-34(24-32)47-33-15-16-35-36-22-27(3)14-17-37(36)45(38(35)25-33)39-23-31(18-19-43-39)42(6,7)8/h9-26H,1-8H3. The van der Waals surface area contributed by atoms with Crippen LogP contribution in [-0.4, -0.2) is 19.3 Å². The van der Waals surface area contributed by atoms with E-state index in [9.17, 15) is 0 Å². The molecule has 4 aromatic carbocycles. The van der Waals surface area contributed by atoms with Crippen LogP contribution in [0, 0.1) is 20.8 Å². The second-order valence-corrected chi connectivity index (χ2v) is 14.1. The Morgan fingerprint density at radius 1 is 0.702 bits per heavy atom. The van der Waals surface area contributed by atoms with E-state index in [0.29, 0.717) is 0 Å². The maximum absolute atomic E-state index is 6.67. The summed E-state index contributed by atoms with van der Waals surface area (Å²) < 4.78 is 11.0. The minimum atomic E-state index is 0.00853. The smallest absolute Gasteiger partial charge is 0.137 e. The van der Waals surface area contributed by atoms with Gasteiger partial charge in [0.25, 0.3) is 0 Å². The number of hydrogen-bond donors (Lipinski definition) is 0. The van der Waals surface area contributed by atoms with Gasteiger partial charge >= 0.3 is 0 Å². The van der Waals surface area contributed by atoms with Crippen molar-refractivity contribution in [3.05, 3.63) is 131 Å². The molecule has 0 saturated heterocycles. The van der Waals surface area contributed by atoms with Crippen LogP contribution in [0.25, 0.3) is 44.4 Å². The van der Waals surface area contributed by atoms with Crippen LogP contribution in [0.1, 0.15) is 68.6 Å². The Balaban J connectivity index is 1.34. The Morgan fingerprint density at radius 3 is 2.23 bits per heavy atom. The second kappa shape index (κ2) is 11.6. The largest absolute Gasteiger partial charge is 0.457 e. The third-order valence-corrected chi connectivity index (χ3v) is 8.96. The van der Waals surface area contributed by atoms with E-state index in [2.05, 4.69) is 162 Å². The number of rotatable bonds is 6. The first-order valence-corrected chi connectivity index (χ1v) is 16.4. The number of hydrogen-bond acceptors (Lipinski definition) is 3. The molecule has 47 heavy (non-hydrogen) atoms. The molecular formula is C42H42N4O. The predicted octanol–water partition coefficient (Wildman–Crippen LogP) is 11.2. The predicted molar refractivity (Wildman–Crippen MR) is 195 cm³/mol. The molecule has 5 nitrogen and oxygen atoms in total. The summed E-state index contributed by atoms with van der Waals surface area (Å²) in [5.41, 5.74) is 11.4. The monoisotopic (exact) mass is 618 g/mol. The number of fused-ring (bicyclic) bond motifs is 3. The summed E-state index contributed by atoms with van der Waals surface area (Å²) >= 11 is 0. The first-order chi connectivity index (χ1) is 22.5. The summed E-state index contributed by atoms with van der Waals surface area (Å²) in [6, 6.07) is 34.3. The highest BCUT2D eigenvalue weighted by Gasteiger charge is 2.22. The zero-order chi connectivity index (χ0) is 33.0. The zero-order valence-electron chi connectivity index (χ0n) is 28.6. The van der Waals surface area contributed by atoms with Crippen molar-refractivity contribution in [1.82, 2.24) is 19.3 Å². The third-order valence-electron chi connectivity index (χ3n) is 8.96. The maximum atomic E-state index is 6.67. The molecule has 3 heterocycles.